The first-order valence-electron chi connectivity index (χ1n) is 9.53. The molecule has 2 N–H and O–H groups in total. The molecule has 0 spiro atoms. The fourth-order valence-corrected chi connectivity index (χ4v) is 5.50. The molecule has 1 amide bonds. The van der Waals surface area contributed by atoms with E-state index in [0.717, 1.165) is 23.6 Å². The van der Waals surface area contributed by atoms with Crippen LogP contribution in [0.3, 0.4) is 0 Å². The molecule has 4 saturated carbocycles. The molecule has 0 unspecified atom stereocenters. The van der Waals surface area contributed by atoms with Gasteiger partial charge in [0.05, 0.1) is 11.9 Å². The summed E-state index contributed by atoms with van der Waals surface area (Å²) in [6.07, 6.45) is 9.44. The van der Waals surface area contributed by atoms with Gasteiger partial charge in [-0.05, 0) is 89.2 Å². The zero-order valence-electron chi connectivity index (χ0n) is 15.5. The second-order valence-corrected chi connectivity index (χ2v) is 9.38. The van der Waals surface area contributed by atoms with Gasteiger partial charge in [0, 0.05) is 5.54 Å². The summed E-state index contributed by atoms with van der Waals surface area (Å²) in [6.45, 7) is 5.55. The average molecular weight is 343 g/mol. The van der Waals surface area contributed by atoms with Crippen molar-refractivity contribution in [3.8, 4) is 0 Å². The highest BCUT2D eigenvalue weighted by molar-refractivity contribution is 5.84. The summed E-state index contributed by atoms with van der Waals surface area (Å²) in [7, 11) is 0. The molecule has 0 aliphatic heterocycles. The maximum atomic E-state index is 11.8. The zero-order chi connectivity index (χ0) is 17.7. The quantitative estimate of drug-likeness (QED) is 0.827. The Balaban J connectivity index is 1.39. The molecule has 4 bridgehead atoms. The van der Waals surface area contributed by atoms with Crippen LogP contribution in [0.1, 0.15) is 59.3 Å². The highest BCUT2D eigenvalue weighted by Gasteiger charge is 2.51. The van der Waals surface area contributed by atoms with Gasteiger partial charge in [-0.3, -0.25) is 5.32 Å². The average Bonchev–Trinajstić information content (AvgIpc) is 2.45. The number of hydrogen-bond donors (Lipinski definition) is 2. The largest absolute Gasteiger partial charge is 0.444 e. The Kier molecular flexibility index (Phi) is 3.93. The van der Waals surface area contributed by atoms with Gasteiger partial charge in [-0.1, -0.05) is 0 Å². The van der Waals surface area contributed by atoms with Crippen molar-refractivity contribution < 1.29 is 9.53 Å². The van der Waals surface area contributed by atoms with E-state index in [9.17, 15) is 4.79 Å². The molecule has 1 heterocycles. The number of ether oxygens (including phenoxy) is 1. The number of hydrogen-bond acceptors (Lipinski definition) is 4. The number of amides is 1. The van der Waals surface area contributed by atoms with Gasteiger partial charge >= 0.3 is 6.09 Å². The predicted octanol–water partition coefficient (Wildman–Crippen LogP) is 4.81. The lowest BCUT2D eigenvalue weighted by atomic mass is 9.53. The number of anilines is 2. The number of nitrogens with zero attached hydrogens (tertiary/aromatic N) is 1. The summed E-state index contributed by atoms with van der Waals surface area (Å²) >= 11 is 0. The lowest BCUT2D eigenvalue weighted by Gasteiger charge is -2.57. The Labute approximate surface area is 149 Å². The van der Waals surface area contributed by atoms with Crippen LogP contribution in [0.2, 0.25) is 0 Å². The number of carbonyl (C=O) groups is 1. The first kappa shape index (κ1) is 16.7. The summed E-state index contributed by atoms with van der Waals surface area (Å²) < 4.78 is 5.27. The Morgan fingerprint density at radius 2 is 1.72 bits per heavy atom. The summed E-state index contributed by atoms with van der Waals surface area (Å²) in [5.41, 5.74) is 0.407. The predicted molar refractivity (Wildman–Crippen MR) is 98.6 cm³/mol. The van der Waals surface area contributed by atoms with Gasteiger partial charge in [0.15, 0.2) is 0 Å². The van der Waals surface area contributed by atoms with Crippen LogP contribution in [0.5, 0.6) is 0 Å². The smallest absolute Gasteiger partial charge is 0.412 e. The molecule has 4 aliphatic carbocycles. The maximum Gasteiger partial charge on any atom is 0.412 e. The topological polar surface area (TPSA) is 63.2 Å². The van der Waals surface area contributed by atoms with Gasteiger partial charge in [-0.2, -0.15) is 0 Å². The lowest BCUT2D eigenvalue weighted by molar-refractivity contribution is 0.0105. The van der Waals surface area contributed by atoms with Crippen LogP contribution < -0.4 is 10.6 Å². The monoisotopic (exact) mass is 343 g/mol. The normalized spacial score (nSPS) is 33.2. The first-order chi connectivity index (χ1) is 11.8. The number of aromatic nitrogens is 1. The molecule has 4 fully saturated rings. The molecule has 4 aliphatic rings. The minimum Gasteiger partial charge on any atom is -0.444 e. The van der Waals surface area contributed by atoms with E-state index in [1.165, 1.54) is 38.5 Å². The van der Waals surface area contributed by atoms with E-state index < -0.39 is 11.7 Å². The standard InChI is InChI=1S/C20H29N3O2/c1-19(2,3)25-18(24)22-16-4-5-17(21-12-16)23-20-9-13-6-14(10-20)8-15(7-13)11-20/h4-5,12-15H,6-11H2,1-3H3,(H,21,23)(H,22,24). The maximum absolute atomic E-state index is 11.8. The summed E-state index contributed by atoms with van der Waals surface area (Å²) in [4.78, 5) is 16.4. The van der Waals surface area contributed by atoms with Crippen molar-refractivity contribution in [2.75, 3.05) is 10.6 Å². The zero-order valence-corrected chi connectivity index (χ0v) is 15.5. The highest BCUT2D eigenvalue weighted by atomic mass is 16.6. The third-order valence-corrected chi connectivity index (χ3v) is 5.84. The molecule has 0 aromatic carbocycles. The Morgan fingerprint density at radius 3 is 2.20 bits per heavy atom. The molecule has 0 saturated heterocycles. The van der Waals surface area contributed by atoms with Crippen molar-refractivity contribution in [3.05, 3.63) is 18.3 Å². The van der Waals surface area contributed by atoms with E-state index in [-0.39, 0.29) is 5.54 Å². The van der Waals surface area contributed by atoms with Crippen LogP contribution in [0.4, 0.5) is 16.3 Å². The molecule has 5 nitrogen and oxygen atoms in total. The third-order valence-electron chi connectivity index (χ3n) is 5.84. The van der Waals surface area contributed by atoms with E-state index in [1.807, 2.05) is 32.9 Å². The third kappa shape index (κ3) is 3.75. The van der Waals surface area contributed by atoms with Crippen LogP contribution >= 0.6 is 0 Å². The molecular formula is C20H29N3O2. The number of nitrogens with one attached hydrogen (secondary N) is 2. The first-order valence-corrected chi connectivity index (χ1v) is 9.53. The van der Waals surface area contributed by atoms with E-state index in [2.05, 4.69) is 15.6 Å². The van der Waals surface area contributed by atoms with E-state index in [1.54, 1.807) is 6.20 Å². The van der Waals surface area contributed by atoms with Crippen molar-refractivity contribution in [1.29, 1.82) is 0 Å². The molecule has 0 atom stereocenters. The van der Waals surface area contributed by atoms with Crippen molar-refractivity contribution in [2.45, 2.75) is 70.4 Å². The molecule has 5 heteroatoms. The van der Waals surface area contributed by atoms with E-state index in [4.69, 9.17) is 4.74 Å². The van der Waals surface area contributed by atoms with Crippen molar-refractivity contribution in [2.24, 2.45) is 17.8 Å². The van der Waals surface area contributed by atoms with Crippen LogP contribution in [0.15, 0.2) is 18.3 Å². The summed E-state index contributed by atoms with van der Waals surface area (Å²) in [5.74, 6) is 3.64. The Morgan fingerprint density at radius 1 is 1.12 bits per heavy atom. The molecule has 0 radical (unpaired) electrons. The van der Waals surface area contributed by atoms with Crippen molar-refractivity contribution in [1.82, 2.24) is 4.98 Å². The minimum atomic E-state index is -0.502. The molecule has 136 valence electrons. The molecule has 25 heavy (non-hydrogen) atoms. The van der Waals surface area contributed by atoms with E-state index >= 15 is 0 Å². The second kappa shape index (κ2) is 5.89. The molecular weight excluding hydrogens is 314 g/mol. The fourth-order valence-electron chi connectivity index (χ4n) is 5.50. The van der Waals surface area contributed by atoms with Gasteiger partial charge < -0.3 is 10.1 Å². The van der Waals surface area contributed by atoms with Gasteiger partial charge in [0.1, 0.15) is 11.4 Å². The van der Waals surface area contributed by atoms with Gasteiger partial charge in [0.25, 0.3) is 0 Å². The number of pyridine rings is 1. The van der Waals surface area contributed by atoms with Gasteiger partial charge in [0.2, 0.25) is 0 Å². The van der Waals surface area contributed by atoms with Crippen LogP contribution in [-0.4, -0.2) is 22.2 Å². The summed E-state index contributed by atoms with van der Waals surface area (Å²) in [5, 5.41) is 6.48. The lowest BCUT2D eigenvalue weighted by Crippen LogP contribution is -2.54. The Hall–Kier alpha value is -1.78. The van der Waals surface area contributed by atoms with Crippen LogP contribution in [0.25, 0.3) is 0 Å². The minimum absolute atomic E-state index is 0.252. The van der Waals surface area contributed by atoms with E-state index in [0.29, 0.717) is 5.69 Å². The SMILES string of the molecule is CC(C)(C)OC(=O)Nc1ccc(NC23CC4CC(CC(C4)C2)C3)nc1. The molecule has 1 aromatic rings. The Bertz CT molecular complexity index is 613. The van der Waals surface area contributed by atoms with Crippen molar-refractivity contribution in [3.63, 3.8) is 0 Å². The summed E-state index contributed by atoms with van der Waals surface area (Å²) in [6, 6.07) is 3.85. The number of rotatable bonds is 3. The van der Waals surface area contributed by atoms with Gasteiger partial charge in [-0.15, -0.1) is 0 Å². The van der Waals surface area contributed by atoms with Gasteiger partial charge in [-0.25, -0.2) is 9.78 Å². The van der Waals surface area contributed by atoms with Crippen LogP contribution in [0, 0.1) is 17.8 Å². The molecule has 1 aromatic heterocycles. The fraction of sp³-hybridized carbons (Fsp3) is 0.700. The number of carbonyl (C=O) groups excluding carboxylic acids is 1. The van der Waals surface area contributed by atoms with Crippen LogP contribution in [-0.2, 0) is 4.74 Å². The van der Waals surface area contributed by atoms with Crippen molar-refractivity contribution >= 4 is 17.6 Å². The second-order valence-electron chi connectivity index (χ2n) is 9.38. The highest BCUT2D eigenvalue weighted by Crippen LogP contribution is 2.56. The molecule has 5 rings (SSSR count).